The second-order valence-electron chi connectivity index (χ2n) is 4.70. The number of nitrogen functional groups attached to an aromatic ring is 1. The van der Waals surface area contributed by atoms with Crippen molar-refractivity contribution in [2.45, 2.75) is 26.2 Å². The van der Waals surface area contributed by atoms with Crippen molar-refractivity contribution < 1.29 is 0 Å². The van der Waals surface area contributed by atoms with Crippen LogP contribution in [-0.4, -0.2) is 28.9 Å². The van der Waals surface area contributed by atoms with Gasteiger partial charge in [-0.15, -0.1) is 0 Å². The fourth-order valence-electron chi connectivity index (χ4n) is 2.12. The van der Waals surface area contributed by atoms with Gasteiger partial charge in [-0.25, -0.2) is 9.97 Å². The minimum absolute atomic E-state index is 0.0338. The number of rotatable bonds is 2. The molecule has 17 heavy (non-hydrogen) atoms. The number of amidine groups is 1. The van der Waals surface area contributed by atoms with Crippen molar-refractivity contribution in [1.82, 2.24) is 9.97 Å². The van der Waals surface area contributed by atoms with Crippen LogP contribution in [-0.2, 0) is 0 Å². The lowest BCUT2D eigenvalue weighted by molar-refractivity contribution is 0.521. The molecule has 1 unspecified atom stereocenters. The van der Waals surface area contributed by atoms with E-state index in [1.54, 1.807) is 12.4 Å². The molecular weight excluding hydrogens is 214 g/mol. The highest BCUT2D eigenvalue weighted by Crippen LogP contribution is 2.20. The summed E-state index contributed by atoms with van der Waals surface area (Å²) in [5.74, 6) is 1.65. The molecule has 2 heterocycles. The van der Waals surface area contributed by atoms with Gasteiger partial charge in [0.1, 0.15) is 17.3 Å². The second-order valence-corrected chi connectivity index (χ2v) is 4.70. The molecule has 0 amide bonds. The molecule has 92 valence electrons. The largest absolute Gasteiger partial charge is 0.382 e. The summed E-state index contributed by atoms with van der Waals surface area (Å²) < 4.78 is 0. The van der Waals surface area contributed by atoms with E-state index >= 15 is 0 Å². The van der Waals surface area contributed by atoms with Crippen molar-refractivity contribution in [3.8, 4) is 0 Å². The smallest absolute Gasteiger partial charge is 0.147 e. The molecule has 2 rings (SSSR count). The summed E-state index contributed by atoms with van der Waals surface area (Å²) in [5.41, 5.74) is 5.79. The van der Waals surface area contributed by atoms with E-state index < -0.39 is 0 Å². The maximum Gasteiger partial charge on any atom is 0.147 e. The Morgan fingerprint density at radius 2 is 2.18 bits per heavy atom. The first-order chi connectivity index (χ1) is 8.16. The maximum atomic E-state index is 7.27. The fraction of sp³-hybridized carbons (Fsp3) is 0.583. The first kappa shape index (κ1) is 11.8. The molecule has 1 saturated heterocycles. The number of hydrogen-bond acceptors (Lipinski definition) is 4. The van der Waals surface area contributed by atoms with Gasteiger partial charge in [-0.2, -0.15) is 0 Å². The maximum absolute atomic E-state index is 7.27. The summed E-state index contributed by atoms with van der Waals surface area (Å²) in [4.78, 5) is 10.7. The molecule has 1 atom stereocenters. The zero-order valence-electron chi connectivity index (χ0n) is 10.2. The molecular formula is C12H19N5. The van der Waals surface area contributed by atoms with Crippen LogP contribution in [0.4, 0.5) is 5.82 Å². The van der Waals surface area contributed by atoms with E-state index in [0.717, 1.165) is 24.8 Å². The highest BCUT2D eigenvalue weighted by atomic mass is 15.2. The standard InChI is InChI=1S/C12H19N5/c1-9-3-2-5-17(6-4-9)11-8-15-10(7-16-11)12(13)14/h7-9H,2-6H2,1H3,(H3,13,14). The Bertz CT molecular complexity index is 386. The van der Waals surface area contributed by atoms with Gasteiger partial charge in [0.15, 0.2) is 0 Å². The van der Waals surface area contributed by atoms with Crippen LogP contribution in [0.3, 0.4) is 0 Å². The third-order valence-corrected chi connectivity index (χ3v) is 3.25. The first-order valence-electron chi connectivity index (χ1n) is 6.08. The Hall–Kier alpha value is -1.65. The summed E-state index contributed by atoms with van der Waals surface area (Å²) in [7, 11) is 0. The van der Waals surface area contributed by atoms with E-state index in [9.17, 15) is 0 Å². The van der Waals surface area contributed by atoms with Crippen LogP contribution in [0, 0.1) is 11.3 Å². The number of nitrogens with one attached hydrogen (secondary N) is 1. The molecule has 5 nitrogen and oxygen atoms in total. The molecule has 0 aromatic carbocycles. The minimum atomic E-state index is -0.0338. The summed E-state index contributed by atoms with van der Waals surface area (Å²) in [6.07, 6.45) is 6.99. The predicted octanol–water partition coefficient (Wildman–Crippen LogP) is 1.39. The van der Waals surface area contributed by atoms with Gasteiger partial charge in [-0.05, 0) is 25.2 Å². The molecule has 0 aliphatic carbocycles. The van der Waals surface area contributed by atoms with Gasteiger partial charge in [-0.3, -0.25) is 5.41 Å². The van der Waals surface area contributed by atoms with Crippen LogP contribution < -0.4 is 10.6 Å². The van der Waals surface area contributed by atoms with Gasteiger partial charge >= 0.3 is 0 Å². The summed E-state index contributed by atoms with van der Waals surface area (Å²) in [6.45, 7) is 4.38. The monoisotopic (exact) mass is 233 g/mol. The molecule has 1 aromatic rings. The fourth-order valence-corrected chi connectivity index (χ4v) is 2.12. The molecule has 1 aromatic heterocycles. The van der Waals surface area contributed by atoms with Crippen molar-refractivity contribution in [2.24, 2.45) is 11.7 Å². The first-order valence-corrected chi connectivity index (χ1v) is 6.08. The van der Waals surface area contributed by atoms with Crippen LogP contribution in [0.25, 0.3) is 0 Å². The predicted molar refractivity (Wildman–Crippen MR) is 68.3 cm³/mol. The highest BCUT2D eigenvalue weighted by molar-refractivity contribution is 5.92. The highest BCUT2D eigenvalue weighted by Gasteiger charge is 2.15. The molecule has 0 saturated carbocycles. The van der Waals surface area contributed by atoms with Crippen molar-refractivity contribution in [2.75, 3.05) is 18.0 Å². The number of hydrogen-bond donors (Lipinski definition) is 2. The quantitative estimate of drug-likeness (QED) is 0.597. The normalized spacial score (nSPS) is 21.0. The van der Waals surface area contributed by atoms with Crippen LogP contribution in [0.2, 0.25) is 0 Å². The van der Waals surface area contributed by atoms with E-state index in [4.69, 9.17) is 11.1 Å². The Balaban J connectivity index is 2.08. The third kappa shape index (κ3) is 2.93. The molecule has 0 spiro atoms. The molecule has 0 bridgehead atoms. The van der Waals surface area contributed by atoms with Crippen molar-refractivity contribution in [3.05, 3.63) is 18.1 Å². The Labute approximate surface area is 102 Å². The van der Waals surface area contributed by atoms with E-state index in [1.807, 2.05) is 0 Å². The zero-order chi connectivity index (χ0) is 12.3. The number of nitrogens with two attached hydrogens (primary N) is 1. The molecule has 1 aliphatic heterocycles. The van der Waals surface area contributed by atoms with Gasteiger partial charge in [0, 0.05) is 13.1 Å². The lowest BCUT2D eigenvalue weighted by Crippen LogP contribution is -2.25. The lowest BCUT2D eigenvalue weighted by Gasteiger charge is -2.21. The number of aromatic nitrogens is 2. The van der Waals surface area contributed by atoms with Gasteiger partial charge < -0.3 is 10.6 Å². The van der Waals surface area contributed by atoms with E-state index in [2.05, 4.69) is 21.8 Å². The molecule has 1 fully saturated rings. The Morgan fingerprint density at radius 3 is 2.82 bits per heavy atom. The molecule has 1 aliphatic rings. The van der Waals surface area contributed by atoms with Crippen LogP contribution in [0.5, 0.6) is 0 Å². The van der Waals surface area contributed by atoms with E-state index in [-0.39, 0.29) is 5.84 Å². The average molecular weight is 233 g/mol. The summed E-state index contributed by atoms with van der Waals surface area (Å²) in [6, 6.07) is 0. The summed E-state index contributed by atoms with van der Waals surface area (Å²) >= 11 is 0. The zero-order valence-corrected chi connectivity index (χ0v) is 10.2. The van der Waals surface area contributed by atoms with E-state index in [1.165, 1.54) is 19.3 Å². The van der Waals surface area contributed by atoms with Crippen LogP contribution >= 0.6 is 0 Å². The number of anilines is 1. The molecule has 3 N–H and O–H groups in total. The van der Waals surface area contributed by atoms with Gasteiger partial charge in [0.2, 0.25) is 0 Å². The third-order valence-electron chi connectivity index (χ3n) is 3.25. The topological polar surface area (TPSA) is 78.9 Å². The second kappa shape index (κ2) is 5.12. The SMILES string of the molecule is CC1CCCN(c2cnc(C(=N)N)cn2)CC1. The Morgan fingerprint density at radius 1 is 1.35 bits per heavy atom. The van der Waals surface area contributed by atoms with Crippen molar-refractivity contribution in [1.29, 1.82) is 5.41 Å². The van der Waals surface area contributed by atoms with Gasteiger partial charge in [0.05, 0.1) is 12.4 Å². The van der Waals surface area contributed by atoms with Gasteiger partial charge in [-0.1, -0.05) is 6.92 Å². The lowest BCUT2D eigenvalue weighted by atomic mass is 10.0. The van der Waals surface area contributed by atoms with E-state index in [0.29, 0.717) is 5.69 Å². The van der Waals surface area contributed by atoms with Gasteiger partial charge in [0.25, 0.3) is 0 Å². The van der Waals surface area contributed by atoms with Crippen LogP contribution in [0.1, 0.15) is 31.9 Å². The van der Waals surface area contributed by atoms with Crippen LogP contribution in [0.15, 0.2) is 12.4 Å². The Kier molecular flexibility index (Phi) is 3.56. The minimum Gasteiger partial charge on any atom is -0.382 e. The number of nitrogens with zero attached hydrogens (tertiary/aromatic N) is 3. The van der Waals surface area contributed by atoms with Crippen molar-refractivity contribution in [3.63, 3.8) is 0 Å². The van der Waals surface area contributed by atoms with Crippen molar-refractivity contribution >= 4 is 11.7 Å². The molecule has 0 radical (unpaired) electrons. The summed E-state index contributed by atoms with van der Waals surface area (Å²) in [5, 5.41) is 7.27. The average Bonchev–Trinajstić information content (AvgIpc) is 2.54. The molecule has 5 heteroatoms.